The SMILES string of the molecule is CC(=O)c1c(O)oc(=O)c(C(C)=Nc2ccc(S)cc2)c1O. The monoisotopic (exact) mass is 319 g/mol. The van der Waals surface area contributed by atoms with Crippen molar-refractivity contribution in [2.24, 2.45) is 4.99 Å². The second-order valence-electron chi connectivity index (χ2n) is 4.56. The molecule has 0 fully saturated rings. The lowest BCUT2D eigenvalue weighted by Crippen LogP contribution is -2.15. The molecule has 0 atom stereocenters. The number of Topliss-reactive ketones (excluding diaryl/α,β-unsaturated/α-hetero) is 1. The highest BCUT2D eigenvalue weighted by Crippen LogP contribution is 2.29. The Morgan fingerprint density at radius 2 is 1.73 bits per heavy atom. The number of carbonyl (C=O) groups is 1. The number of ketones is 1. The Morgan fingerprint density at radius 1 is 1.14 bits per heavy atom. The Balaban J connectivity index is 2.61. The number of hydrogen-bond acceptors (Lipinski definition) is 7. The molecule has 2 N–H and O–H groups in total. The number of nitrogens with zero attached hydrogens (tertiary/aromatic N) is 1. The third-order valence-electron chi connectivity index (χ3n) is 2.94. The highest BCUT2D eigenvalue weighted by molar-refractivity contribution is 7.80. The standard InChI is InChI=1S/C15H13NO5S/c1-7(16-9-3-5-10(22)6-4-9)11-13(18)12(8(2)17)15(20)21-14(11)19/h3-6,18,20,22H,1-2H3. The predicted octanol–water partition coefficient (Wildman–Crippen LogP) is 2.68. The highest BCUT2D eigenvalue weighted by atomic mass is 32.1. The maximum Gasteiger partial charge on any atom is 0.351 e. The fourth-order valence-corrected chi connectivity index (χ4v) is 2.08. The van der Waals surface area contributed by atoms with Gasteiger partial charge in [-0.25, -0.2) is 4.79 Å². The van der Waals surface area contributed by atoms with Crippen LogP contribution < -0.4 is 5.63 Å². The van der Waals surface area contributed by atoms with Crippen molar-refractivity contribution in [1.29, 1.82) is 0 Å². The van der Waals surface area contributed by atoms with Gasteiger partial charge in [0.1, 0.15) is 16.9 Å². The van der Waals surface area contributed by atoms with Gasteiger partial charge in [0.15, 0.2) is 5.78 Å². The summed E-state index contributed by atoms with van der Waals surface area (Å²) in [5, 5.41) is 19.6. The molecule has 0 unspecified atom stereocenters. The molecular weight excluding hydrogens is 306 g/mol. The van der Waals surface area contributed by atoms with E-state index < -0.39 is 28.7 Å². The second kappa shape index (κ2) is 6.07. The van der Waals surface area contributed by atoms with Gasteiger partial charge in [-0.1, -0.05) is 0 Å². The van der Waals surface area contributed by atoms with Crippen LogP contribution in [-0.4, -0.2) is 21.7 Å². The molecule has 114 valence electrons. The van der Waals surface area contributed by atoms with Gasteiger partial charge in [-0.15, -0.1) is 12.6 Å². The number of thiol groups is 1. The zero-order valence-electron chi connectivity index (χ0n) is 11.8. The van der Waals surface area contributed by atoms with Crippen LogP contribution in [0.3, 0.4) is 0 Å². The van der Waals surface area contributed by atoms with E-state index in [-0.39, 0.29) is 11.3 Å². The van der Waals surface area contributed by atoms with Crippen LogP contribution >= 0.6 is 12.6 Å². The van der Waals surface area contributed by atoms with Crippen molar-refractivity contribution in [3.05, 3.63) is 45.8 Å². The minimum atomic E-state index is -0.980. The van der Waals surface area contributed by atoms with E-state index >= 15 is 0 Å². The number of rotatable bonds is 3. The number of carbonyl (C=O) groups excluding carboxylic acids is 1. The van der Waals surface area contributed by atoms with E-state index in [2.05, 4.69) is 22.0 Å². The van der Waals surface area contributed by atoms with Gasteiger partial charge >= 0.3 is 5.63 Å². The zero-order valence-corrected chi connectivity index (χ0v) is 12.7. The average Bonchev–Trinajstić information content (AvgIpc) is 2.40. The quantitative estimate of drug-likeness (QED) is 0.459. The molecule has 0 aliphatic rings. The Hall–Kier alpha value is -2.54. The van der Waals surface area contributed by atoms with E-state index in [1.807, 2.05) is 0 Å². The third kappa shape index (κ3) is 3.04. The van der Waals surface area contributed by atoms with Crippen LogP contribution in [0.5, 0.6) is 11.7 Å². The van der Waals surface area contributed by atoms with Crippen LogP contribution in [-0.2, 0) is 0 Å². The summed E-state index contributed by atoms with van der Waals surface area (Å²) in [6.07, 6.45) is 0. The van der Waals surface area contributed by atoms with E-state index in [4.69, 9.17) is 0 Å². The molecule has 0 bridgehead atoms. The lowest BCUT2D eigenvalue weighted by atomic mass is 10.1. The maximum atomic E-state index is 11.8. The number of benzene rings is 1. The average molecular weight is 319 g/mol. The van der Waals surface area contributed by atoms with Crippen LogP contribution in [0.25, 0.3) is 0 Å². The van der Waals surface area contributed by atoms with Crippen molar-refractivity contribution in [2.45, 2.75) is 18.7 Å². The Kier molecular flexibility index (Phi) is 4.37. The Morgan fingerprint density at radius 3 is 2.27 bits per heavy atom. The molecule has 0 radical (unpaired) electrons. The summed E-state index contributed by atoms with van der Waals surface area (Å²) >= 11 is 4.15. The molecule has 6 nitrogen and oxygen atoms in total. The van der Waals surface area contributed by atoms with E-state index in [0.717, 1.165) is 11.8 Å². The number of aliphatic imine (C=N–C) groups is 1. The molecule has 1 heterocycles. The first-order valence-electron chi connectivity index (χ1n) is 6.26. The first kappa shape index (κ1) is 15.8. The van der Waals surface area contributed by atoms with Crippen molar-refractivity contribution >= 4 is 29.8 Å². The smallest absolute Gasteiger partial charge is 0.351 e. The van der Waals surface area contributed by atoms with Crippen molar-refractivity contribution in [2.75, 3.05) is 0 Å². The zero-order chi connectivity index (χ0) is 16.4. The number of hydrogen-bond donors (Lipinski definition) is 3. The summed E-state index contributed by atoms with van der Waals surface area (Å²) in [6, 6.07) is 6.79. The van der Waals surface area contributed by atoms with Crippen LogP contribution in [0.15, 0.2) is 43.4 Å². The molecule has 0 aliphatic carbocycles. The van der Waals surface area contributed by atoms with Crippen LogP contribution in [0, 0.1) is 0 Å². The fourth-order valence-electron chi connectivity index (χ4n) is 1.93. The van der Waals surface area contributed by atoms with E-state index in [9.17, 15) is 19.8 Å². The molecule has 2 rings (SSSR count). The summed E-state index contributed by atoms with van der Waals surface area (Å²) < 4.78 is 4.59. The van der Waals surface area contributed by atoms with Gasteiger partial charge < -0.3 is 14.6 Å². The largest absolute Gasteiger partial charge is 0.506 e. The van der Waals surface area contributed by atoms with Crippen molar-refractivity contribution in [1.82, 2.24) is 0 Å². The molecule has 7 heteroatoms. The molecule has 0 saturated heterocycles. The maximum absolute atomic E-state index is 11.8. The van der Waals surface area contributed by atoms with Crippen molar-refractivity contribution in [3.63, 3.8) is 0 Å². The van der Waals surface area contributed by atoms with Gasteiger partial charge in [0.2, 0.25) is 0 Å². The molecule has 0 aliphatic heterocycles. The van der Waals surface area contributed by atoms with Crippen LogP contribution in [0.4, 0.5) is 5.69 Å². The lowest BCUT2D eigenvalue weighted by Gasteiger charge is -2.07. The van der Waals surface area contributed by atoms with Crippen molar-refractivity contribution < 1.29 is 19.4 Å². The normalized spacial score (nSPS) is 11.5. The summed E-state index contributed by atoms with van der Waals surface area (Å²) in [6.45, 7) is 2.62. The molecule has 0 spiro atoms. The van der Waals surface area contributed by atoms with Crippen LogP contribution in [0.1, 0.15) is 29.8 Å². The Labute approximate surface area is 131 Å². The Bertz CT molecular complexity index is 821. The van der Waals surface area contributed by atoms with Gasteiger partial charge in [0.25, 0.3) is 5.95 Å². The number of aromatic hydroxyl groups is 2. The summed E-state index contributed by atoms with van der Waals surface area (Å²) in [4.78, 5) is 28.2. The molecular formula is C15H13NO5S. The minimum Gasteiger partial charge on any atom is -0.506 e. The fraction of sp³-hybridized carbons (Fsp3) is 0.133. The first-order chi connectivity index (χ1) is 10.3. The van der Waals surface area contributed by atoms with Gasteiger partial charge in [-0.2, -0.15) is 0 Å². The van der Waals surface area contributed by atoms with Crippen LogP contribution in [0.2, 0.25) is 0 Å². The van der Waals surface area contributed by atoms with Gasteiger partial charge in [-0.05, 0) is 38.1 Å². The predicted molar refractivity (Wildman–Crippen MR) is 83.9 cm³/mol. The van der Waals surface area contributed by atoms with Crippen molar-refractivity contribution in [3.8, 4) is 11.7 Å². The van der Waals surface area contributed by atoms with E-state index in [1.54, 1.807) is 24.3 Å². The summed E-state index contributed by atoms with van der Waals surface area (Å²) in [7, 11) is 0. The molecule has 1 aromatic carbocycles. The van der Waals surface area contributed by atoms with E-state index in [1.165, 1.54) is 6.92 Å². The lowest BCUT2D eigenvalue weighted by molar-refractivity contribution is 0.100. The summed E-state index contributed by atoms with van der Waals surface area (Å²) in [5.41, 5.74) is -1.01. The minimum absolute atomic E-state index is 0.153. The topological polar surface area (TPSA) is 100 Å². The first-order valence-corrected chi connectivity index (χ1v) is 6.70. The second-order valence-corrected chi connectivity index (χ2v) is 5.08. The van der Waals surface area contributed by atoms with Gasteiger partial charge in [-0.3, -0.25) is 9.79 Å². The molecule has 0 amide bonds. The highest BCUT2D eigenvalue weighted by Gasteiger charge is 2.23. The van der Waals surface area contributed by atoms with E-state index in [0.29, 0.717) is 5.69 Å². The summed E-state index contributed by atoms with van der Waals surface area (Å²) in [5.74, 6) is -2.19. The molecule has 2 aromatic rings. The van der Waals surface area contributed by atoms with Gasteiger partial charge in [0, 0.05) is 4.90 Å². The molecule has 1 aromatic heterocycles. The molecule has 0 saturated carbocycles. The third-order valence-corrected chi connectivity index (χ3v) is 3.24. The van der Waals surface area contributed by atoms with Gasteiger partial charge in [0.05, 0.1) is 11.4 Å². The molecule has 22 heavy (non-hydrogen) atoms.